The van der Waals surface area contributed by atoms with Crippen molar-refractivity contribution in [2.75, 3.05) is 0 Å². The van der Waals surface area contributed by atoms with Gasteiger partial charge in [-0.2, -0.15) is 0 Å². The van der Waals surface area contributed by atoms with Crippen LogP contribution in [0.2, 0.25) is 0 Å². The summed E-state index contributed by atoms with van der Waals surface area (Å²) in [5, 5.41) is 0. The fourth-order valence-electron chi connectivity index (χ4n) is 2.72. The van der Waals surface area contributed by atoms with E-state index in [4.69, 9.17) is 0 Å². The highest BCUT2D eigenvalue weighted by Gasteiger charge is 2.50. The first-order chi connectivity index (χ1) is 6.72. The van der Waals surface area contributed by atoms with Crippen molar-refractivity contribution in [3.63, 3.8) is 0 Å². The molecule has 0 unspecified atom stereocenters. The molecule has 0 heterocycles. The molecule has 0 aromatic heterocycles. The van der Waals surface area contributed by atoms with Crippen LogP contribution < -0.4 is 0 Å². The Kier molecular flexibility index (Phi) is 1.67. The van der Waals surface area contributed by atoms with E-state index in [0.717, 1.165) is 17.3 Å². The molecular formula is C12H11BrO. The Labute approximate surface area is 91.6 Å². The van der Waals surface area contributed by atoms with E-state index in [1.54, 1.807) is 0 Å². The number of rotatable bonds is 0. The third kappa shape index (κ3) is 0.924. The van der Waals surface area contributed by atoms with Crippen LogP contribution in [0.4, 0.5) is 0 Å². The second-order valence-corrected chi connectivity index (χ2v) is 5.25. The summed E-state index contributed by atoms with van der Waals surface area (Å²) >= 11 is 3.48. The maximum Gasteiger partial charge on any atom is 0.147 e. The van der Waals surface area contributed by atoms with Gasteiger partial charge in [0, 0.05) is 10.9 Å². The smallest absolute Gasteiger partial charge is 0.147 e. The Morgan fingerprint density at radius 1 is 1.29 bits per heavy atom. The zero-order chi connectivity index (χ0) is 9.76. The van der Waals surface area contributed by atoms with Crippen LogP contribution >= 0.6 is 15.9 Å². The third-order valence-corrected chi connectivity index (χ3v) is 4.17. The van der Waals surface area contributed by atoms with Gasteiger partial charge in [-0.05, 0) is 36.1 Å². The Morgan fingerprint density at radius 2 is 2.07 bits per heavy atom. The monoisotopic (exact) mass is 250 g/mol. The minimum atomic E-state index is -0.0703. The molecular weight excluding hydrogens is 240 g/mol. The maximum atomic E-state index is 11.9. The van der Waals surface area contributed by atoms with E-state index in [9.17, 15) is 4.79 Å². The summed E-state index contributed by atoms with van der Waals surface area (Å²) in [5.74, 6) is 0.442. The van der Waals surface area contributed by atoms with Crippen molar-refractivity contribution in [3.05, 3.63) is 33.8 Å². The highest BCUT2D eigenvalue weighted by atomic mass is 79.9. The van der Waals surface area contributed by atoms with Gasteiger partial charge in [-0.1, -0.05) is 28.4 Å². The summed E-state index contributed by atoms with van der Waals surface area (Å²) in [6.07, 6.45) is 3.99. The lowest BCUT2D eigenvalue weighted by atomic mass is 9.64. The first kappa shape index (κ1) is 8.66. The van der Waals surface area contributed by atoms with Gasteiger partial charge in [0.2, 0.25) is 0 Å². The van der Waals surface area contributed by atoms with Crippen molar-refractivity contribution in [2.45, 2.75) is 31.1 Å². The molecule has 14 heavy (non-hydrogen) atoms. The first-order valence-electron chi connectivity index (χ1n) is 5.05. The van der Waals surface area contributed by atoms with Gasteiger partial charge in [-0.15, -0.1) is 0 Å². The van der Waals surface area contributed by atoms with Gasteiger partial charge in [-0.3, -0.25) is 4.79 Å². The summed E-state index contributed by atoms with van der Waals surface area (Å²) in [6, 6.07) is 6.26. The Morgan fingerprint density at radius 3 is 2.71 bits per heavy atom. The van der Waals surface area contributed by atoms with Crippen LogP contribution in [-0.2, 0) is 16.6 Å². The fourth-order valence-corrected chi connectivity index (χ4v) is 3.08. The van der Waals surface area contributed by atoms with E-state index in [2.05, 4.69) is 28.1 Å². The highest BCUT2D eigenvalue weighted by molar-refractivity contribution is 9.10. The largest absolute Gasteiger partial charge is 0.298 e. The zero-order valence-corrected chi connectivity index (χ0v) is 9.43. The van der Waals surface area contributed by atoms with Crippen molar-refractivity contribution in [1.29, 1.82) is 0 Å². The van der Waals surface area contributed by atoms with E-state index < -0.39 is 0 Å². The highest BCUT2D eigenvalue weighted by Crippen LogP contribution is 2.50. The maximum absolute atomic E-state index is 11.9. The van der Waals surface area contributed by atoms with Gasteiger partial charge in [-0.25, -0.2) is 0 Å². The standard InChI is InChI=1S/C12H11BrO/c13-9-3-2-8-6-11(14)12(4-1-5-12)10(8)7-9/h2-3,7H,1,4-6H2. The summed E-state index contributed by atoms with van der Waals surface area (Å²) in [6.45, 7) is 0. The van der Waals surface area contributed by atoms with Gasteiger partial charge >= 0.3 is 0 Å². The average Bonchev–Trinajstić information content (AvgIpc) is 2.35. The molecule has 0 bridgehead atoms. The molecule has 0 saturated heterocycles. The molecule has 2 aliphatic carbocycles. The number of Topliss-reactive ketones (excluding diaryl/α,β-unsaturated/α-hetero) is 1. The number of carbonyl (C=O) groups is 1. The number of carbonyl (C=O) groups excluding carboxylic acids is 1. The second kappa shape index (κ2) is 2.69. The van der Waals surface area contributed by atoms with E-state index in [1.165, 1.54) is 17.5 Å². The third-order valence-electron chi connectivity index (χ3n) is 3.68. The Balaban J connectivity index is 2.20. The van der Waals surface area contributed by atoms with Gasteiger partial charge in [0.1, 0.15) is 5.78 Å². The fraction of sp³-hybridized carbons (Fsp3) is 0.417. The second-order valence-electron chi connectivity index (χ2n) is 4.34. The lowest BCUT2D eigenvalue weighted by Crippen LogP contribution is -2.39. The van der Waals surface area contributed by atoms with E-state index in [0.29, 0.717) is 12.2 Å². The molecule has 3 rings (SSSR count). The Hall–Kier alpha value is -0.630. The summed E-state index contributed by atoms with van der Waals surface area (Å²) < 4.78 is 1.09. The molecule has 0 N–H and O–H groups in total. The number of hydrogen-bond donors (Lipinski definition) is 0. The average molecular weight is 251 g/mol. The number of halogens is 1. The predicted octanol–water partition coefficient (Wildman–Crippen LogP) is 3.00. The molecule has 1 saturated carbocycles. The Bertz CT molecular complexity index is 418. The van der Waals surface area contributed by atoms with Crippen molar-refractivity contribution in [2.24, 2.45) is 0 Å². The van der Waals surface area contributed by atoms with E-state index in [-0.39, 0.29) is 5.41 Å². The molecule has 1 aromatic carbocycles. The lowest BCUT2D eigenvalue weighted by molar-refractivity contribution is -0.125. The molecule has 0 amide bonds. The van der Waals surface area contributed by atoms with Crippen LogP contribution in [0, 0.1) is 0 Å². The number of ketones is 1. The molecule has 0 aliphatic heterocycles. The lowest BCUT2D eigenvalue weighted by Gasteiger charge is -2.37. The molecule has 1 spiro atoms. The topological polar surface area (TPSA) is 17.1 Å². The van der Waals surface area contributed by atoms with Gasteiger partial charge in [0.05, 0.1) is 5.41 Å². The minimum Gasteiger partial charge on any atom is -0.298 e. The van der Waals surface area contributed by atoms with Crippen LogP contribution in [0.15, 0.2) is 22.7 Å². The van der Waals surface area contributed by atoms with Crippen molar-refractivity contribution >= 4 is 21.7 Å². The van der Waals surface area contributed by atoms with Crippen molar-refractivity contribution in [1.82, 2.24) is 0 Å². The summed E-state index contributed by atoms with van der Waals surface area (Å²) in [7, 11) is 0. The minimum absolute atomic E-state index is 0.0703. The van der Waals surface area contributed by atoms with Crippen LogP contribution in [0.5, 0.6) is 0 Å². The molecule has 2 aliphatic rings. The predicted molar refractivity (Wildman–Crippen MR) is 58.4 cm³/mol. The molecule has 72 valence electrons. The van der Waals surface area contributed by atoms with Crippen LogP contribution in [-0.4, -0.2) is 5.78 Å². The molecule has 0 atom stereocenters. The normalized spacial score (nSPS) is 22.2. The summed E-state index contributed by atoms with van der Waals surface area (Å²) in [4.78, 5) is 11.9. The number of fused-ring (bicyclic) bond motifs is 2. The van der Waals surface area contributed by atoms with Crippen LogP contribution in [0.1, 0.15) is 30.4 Å². The van der Waals surface area contributed by atoms with Gasteiger partial charge in [0.15, 0.2) is 0 Å². The van der Waals surface area contributed by atoms with Gasteiger partial charge in [0.25, 0.3) is 0 Å². The van der Waals surface area contributed by atoms with E-state index in [1.807, 2.05) is 6.07 Å². The SMILES string of the molecule is O=C1Cc2ccc(Br)cc2C12CCC2. The molecule has 1 aromatic rings. The summed E-state index contributed by atoms with van der Waals surface area (Å²) in [5.41, 5.74) is 2.47. The molecule has 1 nitrogen and oxygen atoms in total. The molecule has 0 radical (unpaired) electrons. The number of hydrogen-bond acceptors (Lipinski definition) is 1. The van der Waals surface area contributed by atoms with Crippen molar-refractivity contribution in [3.8, 4) is 0 Å². The molecule has 1 fully saturated rings. The zero-order valence-electron chi connectivity index (χ0n) is 7.85. The van der Waals surface area contributed by atoms with Crippen LogP contribution in [0.25, 0.3) is 0 Å². The van der Waals surface area contributed by atoms with E-state index >= 15 is 0 Å². The number of benzene rings is 1. The first-order valence-corrected chi connectivity index (χ1v) is 5.84. The molecule has 2 heteroatoms. The van der Waals surface area contributed by atoms with Gasteiger partial charge < -0.3 is 0 Å². The van der Waals surface area contributed by atoms with Crippen LogP contribution in [0.3, 0.4) is 0 Å². The van der Waals surface area contributed by atoms with Crippen molar-refractivity contribution < 1.29 is 4.79 Å². The quantitative estimate of drug-likeness (QED) is 0.692.